The van der Waals surface area contributed by atoms with E-state index in [9.17, 15) is 22.8 Å². The zero-order valence-electron chi connectivity index (χ0n) is 21.8. The van der Waals surface area contributed by atoms with E-state index in [0.717, 1.165) is 63.7 Å². The summed E-state index contributed by atoms with van der Waals surface area (Å²) in [5.74, 6) is -1.34. The summed E-state index contributed by atoms with van der Waals surface area (Å²) in [7, 11) is 0. The third-order valence-electron chi connectivity index (χ3n) is 6.99. The Balaban J connectivity index is 0.000000479. The number of hydrogen-bond acceptors (Lipinski definition) is 3. The zero-order chi connectivity index (χ0) is 27.1. The van der Waals surface area contributed by atoms with E-state index in [1.54, 1.807) is 0 Å². The van der Waals surface area contributed by atoms with E-state index in [4.69, 9.17) is 0 Å². The molecule has 2 amide bonds. The number of halogens is 3. The molecule has 4 rings (SSSR count). The summed E-state index contributed by atoms with van der Waals surface area (Å²) < 4.78 is 33.5. The van der Waals surface area contributed by atoms with Gasteiger partial charge in [0.05, 0.1) is 5.41 Å². The molecule has 202 valence electrons. The molecule has 1 aliphatic carbocycles. The van der Waals surface area contributed by atoms with E-state index in [-0.39, 0.29) is 17.9 Å². The van der Waals surface area contributed by atoms with Gasteiger partial charge in [-0.25, -0.2) is 0 Å². The average molecular weight is 518 g/mol. The van der Waals surface area contributed by atoms with Gasteiger partial charge in [0, 0.05) is 24.9 Å². The van der Waals surface area contributed by atoms with Crippen molar-refractivity contribution in [3.05, 3.63) is 71.3 Å². The second-order valence-electron chi connectivity index (χ2n) is 10.4. The molecule has 2 aliphatic rings. The van der Waals surface area contributed by atoms with Crippen LogP contribution >= 0.6 is 0 Å². The van der Waals surface area contributed by atoms with Gasteiger partial charge in [-0.15, -0.1) is 0 Å². The smallest absolute Gasteiger partial charge is 0.350 e. The van der Waals surface area contributed by atoms with Crippen molar-refractivity contribution in [1.29, 1.82) is 0 Å². The van der Waals surface area contributed by atoms with Crippen molar-refractivity contribution in [3.8, 4) is 0 Å². The molecule has 2 fully saturated rings. The van der Waals surface area contributed by atoms with Crippen LogP contribution in [0.15, 0.2) is 54.6 Å². The molecule has 2 atom stereocenters. The Hall–Kier alpha value is -2.87. The quantitative estimate of drug-likeness (QED) is 0.493. The maximum absolute atomic E-state index is 13.3. The second kappa shape index (κ2) is 12.6. The summed E-state index contributed by atoms with van der Waals surface area (Å²) in [5, 5.41) is 9.57. The van der Waals surface area contributed by atoms with Crippen LogP contribution in [-0.2, 0) is 21.4 Å². The molecule has 1 heterocycles. The van der Waals surface area contributed by atoms with Crippen LogP contribution < -0.4 is 16.0 Å². The molecule has 8 heteroatoms. The fourth-order valence-corrected chi connectivity index (χ4v) is 4.28. The molecule has 37 heavy (non-hydrogen) atoms. The fraction of sp³-hybridized carbons (Fsp3) is 0.517. The van der Waals surface area contributed by atoms with Gasteiger partial charge in [-0.3, -0.25) is 9.59 Å². The SMILES string of the molecule is CC(C)C(F)(F)F.Cc1ccc(C2(C(=O)N[C@@H](Cc3ccccc3)C(=O)N[C@@H]3CCCNC3)CC2)cc1. The third-order valence-corrected chi connectivity index (χ3v) is 6.99. The van der Waals surface area contributed by atoms with Crippen molar-refractivity contribution in [1.82, 2.24) is 16.0 Å². The fourth-order valence-electron chi connectivity index (χ4n) is 4.28. The highest BCUT2D eigenvalue weighted by Gasteiger charge is 2.51. The Morgan fingerprint density at radius 1 is 1.05 bits per heavy atom. The number of carbonyl (C=O) groups excluding carboxylic acids is 2. The first-order valence-corrected chi connectivity index (χ1v) is 13.0. The number of hydrogen-bond donors (Lipinski definition) is 3. The van der Waals surface area contributed by atoms with E-state index < -0.39 is 23.6 Å². The monoisotopic (exact) mass is 517 g/mol. The van der Waals surface area contributed by atoms with Crippen molar-refractivity contribution >= 4 is 11.8 Å². The number of rotatable bonds is 7. The standard InChI is InChI=1S/C25H31N3O2.C4H7F3/c1-18-9-11-20(12-10-18)25(13-14-25)24(30)28-22(16-19-6-3-2-4-7-19)23(29)27-21-8-5-15-26-17-21;1-3(2)4(5,6)7/h2-4,6-7,9-12,21-22,26H,5,8,13-17H2,1H3,(H,27,29)(H,28,30);3H,1-2H3/t21-,22+;/m1./s1. The summed E-state index contributed by atoms with van der Waals surface area (Å²) in [6.07, 6.45) is 0.167. The highest BCUT2D eigenvalue weighted by Crippen LogP contribution is 2.48. The number of aryl methyl sites for hydroxylation is 1. The van der Waals surface area contributed by atoms with Crippen molar-refractivity contribution in [2.24, 2.45) is 5.92 Å². The predicted molar refractivity (Wildman–Crippen MR) is 139 cm³/mol. The van der Waals surface area contributed by atoms with Gasteiger partial charge < -0.3 is 16.0 Å². The molecular formula is C29H38F3N3O2. The summed E-state index contributed by atoms with van der Waals surface area (Å²) >= 11 is 0. The molecule has 1 aliphatic heterocycles. The summed E-state index contributed by atoms with van der Waals surface area (Å²) in [5.41, 5.74) is 2.77. The molecule has 1 saturated heterocycles. The highest BCUT2D eigenvalue weighted by molar-refractivity contribution is 5.95. The number of benzene rings is 2. The summed E-state index contributed by atoms with van der Waals surface area (Å²) in [6.45, 7) is 6.07. The number of carbonyl (C=O) groups is 2. The van der Waals surface area contributed by atoms with Gasteiger partial charge in [0.25, 0.3) is 0 Å². The van der Waals surface area contributed by atoms with E-state index in [1.807, 2.05) is 61.5 Å². The van der Waals surface area contributed by atoms with Crippen molar-refractivity contribution in [3.63, 3.8) is 0 Å². The molecule has 0 bridgehead atoms. The van der Waals surface area contributed by atoms with E-state index in [2.05, 4.69) is 16.0 Å². The molecule has 5 nitrogen and oxygen atoms in total. The molecule has 0 aromatic heterocycles. The van der Waals surface area contributed by atoms with E-state index in [0.29, 0.717) is 6.42 Å². The Morgan fingerprint density at radius 3 is 2.19 bits per heavy atom. The minimum atomic E-state index is -4.00. The van der Waals surface area contributed by atoms with E-state index in [1.165, 1.54) is 5.56 Å². The normalized spacial score (nSPS) is 19.3. The van der Waals surface area contributed by atoms with Crippen LogP contribution in [0.2, 0.25) is 0 Å². The molecule has 1 saturated carbocycles. The van der Waals surface area contributed by atoms with Crippen molar-refractivity contribution in [2.75, 3.05) is 13.1 Å². The molecule has 0 spiro atoms. The maximum Gasteiger partial charge on any atom is 0.391 e. The third kappa shape index (κ3) is 8.32. The van der Waals surface area contributed by atoms with Gasteiger partial charge >= 0.3 is 6.18 Å². The predicted octanol–water partition coefficient (Wildman–Crippen LogP) is 4.83. The Kier molecular flexibility index (Phi) is 9.76. The van der Waals surface area contributed by atoms with Gasteiger partial charge in [-0.1, -0.05) is 74.0 Å². The average Bonchev–Trinajstić information content (AvgIpc) is 3.67. The van der Waals surface area contributed by atoms with Crippen LogP contribution in [0.5, 0.6) is 0 Å². The molecule has 0 radical (unpaired) electrons. The first-order chi connectivity index (χ1) is 17.5. The van der Waals surface area contributed by atoms with Crippen LogP contribution in [0.3, 0.4) is 0 Å². The number of amides is 2. The lowest BCUT2D eigenvalue weighted by Gasteiger charge is -2.27. The minimum absolute atomic E-state index is 0.0378. The van der Waals surface area contributed by atoms with Gasteiger partial charge in [0.1, 0.15) is 6.04 Å². The van der Waals surface area contributed by atoms with Crippen LogP contribution in [0.1, 0.15) is 56.2 Å². The Bertz CT molecular complexity index is 1010. The molecule has 2 aromatic rings. The van der Waals surface area contributed by atoms with E-state index >= 15 is 0 Å². The van der Waals surface area contributed by atoms with Crippen LogP contribution in [0.4, 0.5) is 13.2 Å². The summed E-state index contributed by atoms with van der Waals surface area (Å²) in [4.78, 5) is 26.4. The summed E-state index contributed by atoms with van der Waals surface area (Å²) in [6, 6.07) is 17.6. The highest BCUT2D eigenvalue weighted by atomic mass is 19.4. The van der Waals surface area contributed by atoms with Crippen molar-refractivity contribution in [2.45, 2.75) is 76.6 Å². The minimum Gasteiger partial charge on any atom is -0.350 e. The maximum atomic E-state index is 13.3. The Labute approximate surface area is 217 Å². The lowest BCUT2D eigenvalue weighted by Crippen LogP contribution is -2.55. The number of alkyl halides is 3. The lowest BCUT2D eigenvalue weighted by atomic mass is 9.93. The lowest BCUT2D eigenvalue weighted by molar-refractivity contribution is -0.164. The van der Waals surface area contributed by atoms with Gasteiger partial charge in [-0.05, 0) is 50.3 Å². The van der Waals surface area contributed by atoms with Crippen molar-refractivity contribution < 1.29 is 22.8 Å². The number of piperidine rings is 1. The Morgan fingerprint density at radius 2 is 1.68 bits per heavy atom. The van der Waals surface area contributed by atoms with Gasteiger partial charge in [0.2, 0.25) is 11.8 Å². The van der Waals surface area contributed by atoms with Gasteiger partial charge in [-0.2, -0.15) is 13.2 Å². The molecular weight excluding hydrogens is 479 g/mol. The first-order valence-electron chi connectivity index (χ1n) is 13.0. The van der Waals surface area contributed by atoms with Crippen LogP contribution in [-0.4, -0.2) is 43.2 Å². The molecule has 0 unspecified atom stereocenters. The zero-order valence-corrected chi connectivity index (χ0v) is 21.8. The molecule has 3 N–H and O–H groups in total. The van der Waals surface area contributed by atoms with Crippen LogP contribution in [0, 0.1) is 12.8 Å². The van der Waals surface area contributed by atoms with Crippen LogP contribution in [0.25, 0.3) is 0 Å². The number of nitrogens with one attached hydrogen (secondary N) is 3. The second-order valence-corrected chi connectivity index (χ2v) is 10.4. The molecule has 2 aromatic carbocycles. The largest absolute Gasteiger partial charge is 0.391 e. The van der Waals surface area contributed by atoms with Gasteiger partial charge in [0.15, 0.2) is 0 Å². The first kappa shape index (κ1) is 28.7. The topological polar surface area (TPSA) is 70.2 Å².